The van der Waals surface area contributed by atoms with Crippen LogP contribution in [0.1, 0.15) is 5.56 Å². The molecule has 0 amide bonds. The van der Waals surface area contributed by atoms with Gasteiger partial charge in [0.05, 0.1) is 10.0 Å². The number of hydrogen-bond acceptors (Lipinski definition) is 6. The van der Waals surface area contributed by atoms with Crippen molar-refractivity contribution in [3.05, 3.63) is 22.3 Å². The quantitative estimate of drug-likeness (QED) is 0.521. The molecule has 20 heavy (non-hydrogen) atoms. The van der Waals surface area contributed by atoms with Gasteiger partial charge in [-0.1, -0.05) is 0 Å². The molecule has 1 aliphatic rings. The molecule has 0 aromatic carbocycles. The Balaban J connectivity index is 1.97. The lowest BCUT2D eigenvalue weighted by atomic mass is 10.3. The maximum Gasteiger partial charge on any atom is 0.291 e. The first-order valence-corrected chi connectivity index (χ1v) is 6.96. The van der Waals surface area contributed by atoms with Crippen LogP contribution in [-0.4, -0.2) is 59.9 Å². The van der Waals surface area contributed by atoms with Crippen molar-refractivity contribution < 1.29 is 4.74 Å². The molecule has 108 valence electrons. The van der Waals surface area contributed by atoms with E-state index >= 15 is 0 Å². The Morgan fingerprint density at radius 3 is 2.60 bits per heavy atom. The summed E-state index contributed by atoms with van der Waals surface area (Å²) in [6.07, 6.45) is 1.46. The van der Waals surface area contributed by atoms with Gasteiger partial charge in [-0.2, -0.15) is 0 Å². The maximum atomic E-state index is 7.91. The highest BCUT2D eigenvalue weighted by molar-refractivity contribution is 9.10. The minimum absolute atomic E-state index is 0.00366. The number of rotatable bonds is 1. The van der Waals surface area contributed by atoms with Crippen molar-refractivity contribution in [2.75, 3.05) is 39.0 Å². The van der Waals surface area contributed by atoms with Crippen LogP contribution in [0, 0.1) is 10.8 Å². The number of hydrogen-bond donors (Lipinski definition) is 3. The molecule has 2 heterocycles. The smallest absolute Gasteiger partial charge is 0.291 e. The van der Waals surface area contributed by atoms with Crippen molar-refractivity contribution in [3.8, 4) is 0 Å². The SMILES string of the molecule is CN1CCN(C(=N)OC(=N)c2cnc(N)c(Br)c2)CC1. The maximum absolute atomic E-state index is 7.91. The third-order valence-corrected chi connectivity index (χ3v) is 3.76. The highest BCUT2D eigenvalue weighted by atomic mass is 79.9. The molecule has 0 saturated carbocycles. The second-order valence-corrected chi connectivity index (χ2v) is 5.47. The highest BCUT2D eigenvalue weighted by Crippen LogP contribution is 2.18. The van der Waals surface area contributed by atoms with Crippen molar-refractivity contribution in [2.45, 2.75) is 0 Å². The zero-order chi connectivity index (χ0) is 14.7. The Hall–Kier alpha value is -1.67. The molecule has 7 nitrogen and oxygen atoms in total. The standard InChI is InChI=1S/C12H17BrN6O/c1-18-2-4-19(5-3-18)12(16)20-11(15)8-6-9(13)10(14)17-7-8/h6-7,15-16H,2-5H2,1H3,(H2,14,17). The molecule has 1 saturated heterocycles. The summed E-state index contributed by atoms with van der Waals surface area (Å²) >= 11 is 3.25. The molecule has 1 fully saturated rings. The molecule has 1 aromatic heterocycles. The van der Waals surface area contributed by atoms with Crippen LogP contribution in [0.4, 0.5) is 5.82 Å². The van der Waals surface area contributed by atoms with Crippen molar-refractivity contribution in [1.29, 1.82) is 10.8 Å². The lowest BCUT2D eigenvalue weighted by molar-refractivity contribution is 0.194. The second-order valence-electron chi connectivity index (χ2n) is 4.62. The van der Waals surface area contributed by atoms with Gasteiger partial charge in [-0.15, -0.1) is 0 Å². The van der Waals surface area contributed by atoms with E-state index in [0.29, 0.717) is 15.9 Å². The first-order chi connectivity index (χ1) is 9.47. The zero-order valence-electron chi connectivity index (χ0n) is 11.2. The Labute approximate surface area is 125 Å². The molecule has 0 aliphatic carbocycles. The van der Waals surface area contributed by atoms with E-state index in [2.05, 4.69) is 25.8 Å². The van der Waals surface area contributed by atoms with Gasteiger partial charge in [0.1, 0.15) is 5.82 Å². The third-order valence-electron chi connectivity index (χ3n) is 3.12. The predicted molar refractivity (Wildman–Crippen MR) is 81.1 cm³/mol. The minimum Gasteiger partial charge on any atom is -0.407 e. The Morgan fingerprint density at radius 2 is 2.00 bits per heavy atom. The monoisotopic (exact) mass is 340 g/mol. The topological polar surface area (TPSA) is 102 Å². The summed E-state index contributed by atoms with van der Waals surface area (Å²) < 4.78 is 5.88. The van der Waals surface area contributed by atoms with Crippen LogP contribution in [0.2, 0.25) is 0 Å². The van der Waals surface area contributed by atoms with E-state index in [9.17, 15) is 0 Å². The van der Waals surface area contributed by atoms with Crippen molar-refractivity contribution >= 4 is 33.7 Å². The molecular formula is C12H17BrN6O. The van der Waals surface area contributed by atoms with E-state index in [1.165, 1.54) is 6.20 Å². The van der Waals surface area contributed by atoms with E-state index in [0.717, 1.165) is 26.2 Å². The van der Waals surface area contributed by atoms with Crippen molar-refractivity contribution in [3.63, 3.8) is 0 Å². The van der Waals surface area contributed by atoms with E-state index in [4.69, 9.17) is 21.3 Å². The molecule has 0 unspecified atom stereocenters. The fourth-order valence-corrected chi connectivity index (χ4v) is 2.15. The summed E-state index contributed by atoms with van der Waals surface area (Å²) in [5.74, 6) is 0.248. The van der Waals surface area contributed by atoms with Gasteiger partial charge < -0.3 is 20.3 Å². The van der Waals surface area contributed by atoms with Gasteiger partial charge in [-0.25, -0.2) is 4.98 Å². The first-order valence-electron chi connectivity index (χ1n) is 6.17. The van der Waals surface area contributed by atoms with Crippen LogP contribution < -0.4 is 5.73 Å². The number of nitrogen functional groups attached to an aromatic ring is 1. The molecule has 0 radical (unpaired) electrons. The Bertz CT molecular complexity index is 527. The van der Waals surface area contributed by atoms with Crippen molar-refractivity contribution in [1.82, 2.24) is 14.8 Å². The van der Waals surface area contributed by atoms with Crippen molar-refractivity contribution in [2.24, 2.45) is 0 Å². The van der Waals surface area contributed by atoms with Crippen LogP contribution in [-0.2, 0) is 4.74 Å². The van der Waals surface area contributed by atoms with Crippen LogP contribution in [0.5, 0.6) is 0 Å². The van der Waals surface area contributed by atoms with Gasteiger partial charge in [-0.05, 0) is 29.0 Å². The van der Waals surface area contributed by atoms with Gasteiger partial charge in [0, 0.05) is 32.4 Å². The Kier molecular flexibility index (Phi) is 4.56. The highest BCUT2D eigenvalue weighted by Gasteiger charge is 2.19. The minimum atomic E-state index is -0.109. The van der Waals surface area contributed by atoms with Crippen LogP contribution in [0.3, 0.4) is 0 Å². The average Bonchev–Trinajstić information content (AvgIpc) is 2.42. The lowest BCUT2D eigenvalue weighted by Crippen LogP contribution is -2.48. The number of piperazine rings is 1. The third kappa shape index (κ3) is 3.45. The van der Waals surface area contributed by atoms with E-state index in [-0.39, 0.29) is 11.9 Å². The number of aromatic nitrogens is 1. The summed E-state index contributed by atoms with van der Waals surface area (Å²) in [6.45, 7) is 3.22. The number of halogens is 1. The fraction of sp³-hybridized carbons (Fsp3) is 0.417. The molecule has 0 spiro atoms. The van der Waals surface area contributed by atoms with Gasteiger partial charge in [0.2, 0.25) is 5.90 Å². The summed E-state index contributed by atoms with van der Waals surface area (Å²) in [7, 11) is 2.04. The van der Waals surface area contributed by atoms with Crippen LogP contribution >= 0.6 is 15.9 Å². The molecule has 8 heteroatoms. The van der Waals surface area contributed by atoms with E-state index in [1.54, 1.807) is 6.07 Å². The summed E-state index contributed by atoms with van der Waals surface area (Å²) in [6, 6.07) is 1.65. The first kappa shape index (κ1) is 14.7. The van der Waals surface area contributed by atoms with Crippen LogP contribution in [0.25, 0.3) is 0 Å². The lowest BCUT2D eigenvalue weighted by Gasteiger charge is -2.33. The predicted octanol–water partition coefficient (Wildman–Crippen LogP) is 0.950. The summed E-state index contributed by atoms with van der Waals surface area (Å²) in [4.78, 5) is 7.95. The number of likely N-dealkylation sites (N-methyl/N-ethyl adjacent to an activating group) is 1. The summed E-state index contributed by atoms with van der Waals surface area (Å²) in [5, 5.41) is 15.8. The second kappa shape index (κ2) is 6.19. The number of anilines is 1. The Morgan fingerprint density at radius 1 is 1.35 bits per heavy atom. The molecule has 1 aliphatic heterocycles. The zero-order valence-corrected chi connectivity index (χ0v) is 12.8. The van der Waals surface area contributed by atoms with E-state index < -0.39 is 0 Å². The van der Waals surface area contributed by atoms with Gasteiger partial charge in [0.15, 0.2) is 0 Å². The number of ether oxygens (including phenoxy) is 1. The van der Waals surface area contributed by atoms with Gasteiger partial charge in [0.25, 0.3) is 6.02 Å². The largest absolute Gasteiger partial charge is 0.407 e. The number of nitrogens with one attached hydrogen (secondary N) is 2. The number of pyridine rings is 1. The number of amidine groups is 1. The average molecular weight is 341 g/mol. The molecule has 0 bridgehead atoms. The van der Waals surface area contributed by atoms with Gasteiger partial charge in [-0.3, -0.25) is 10.8 Å². The molecule has 2 rings (SSSR count). The number of nitrogens with two attached hydrogens (primary N) is 1. The summed E-state index contributed by atoms with van der Waals surface area (Å²) in [5.41, 5.74) is 6.07. The fourth-order valence-electron chi connectivity index (χ4n) is 1.80. The van der Waals surface area contributed by atoms with E-state index in [1.807, 2.05) is 11.9 Å². The molecule has 1 aromatic rings. The molecule has 0 atom stereocenters. The molecule has 4 N–H and O–H groups in total. The van der Waals surface area contributed by atoms with Crippen LogP contribution in [0.15, 0.2) is 16.7 Å². The normalized spacial score (nSPS) is 16.0. The van der Waals surface area contributed by atoms with Gasteiger partial charge >= 0.3 is 0 Å². The number of nitrogens with zero attached hydrogens (tertiary/aromatic N) is 3. The molecular weight excluding hydrogens is 324 g/mol.